The van der Waals surface area contributed by atoms with Gasteiger partial charge < -0.3 is 0 Å². The normalized spacial score (nSPS) is 16.2. The van der Waals surface area contributed by atoms with Gasteiger partial charge in [0, 0.05) is 36.9 Å². The lowest BCUT2D eigenvalue weighted by Crippen LogP contribution is -2.33. The molecule has 0 aliphatic carbocycles. The van der Waals surface area contributed by atoms with Crippen molar-refractivity contribution in [2.75, 3.05) is 19.6 Å². The smallest absolute Gasteiger partial charge is 0.298 e. The van der Waals surface area contributed by atoms with Gasteiger partial charge in [0.05, 0.1) is 5.56 Å². The Labute approximate surface area is 158 Å². The molecule has 1 aromatic heterocycles. The van der Waals surface area contributed by atoms with Crippen molar-refractivity contribution in [2.24, 2.45) is 0 Å². The Hall–Kier alpha value is -1.85. The van der Waals surface area contributed by atoms with E-state index in [1.165, 1.54) is 6.07 Å². The molecule has 0 saturated heterocycles. The molecule has 1 aromatic carbocycles. The number of alkyl halides is 3. The van der Waals surface area contributed by atoms with E-state index in [0.717, 1.165) is 31.3 Å². The minimum atomic E-state index is -4.37. The number of rotatable bonds is 4. The van der Waals surface area contributed by atoms with Crippen LogP contribution in [0.25, 0.3) is 0 Å². The average Bonchev–Trinajstić information content (AvgIpc) is 2.60. The first kappa shape index (κ1) is 20.5. The number of nitrogens with zero attached hydrogens (tertiary/aromatic N) is 2. The minimum absolute atomic E-state index is 0. The van der Waals surface area contributed by atoms with Crippen molar-refractivity contribution in [1.29, 1.82) is 0 Å². The van der Waals surface area contributed by atoms with Crippen LogP contribution in [-0.2, 0) is 6.18 Å². The van der Waals surface area contributed by atoms with E-state index in [4.69, 9.17) is 0 Å². The van der Waals surface area contributed by atoms with Crippen LogP contribution in [-0.4, -0.2) is 29.5 Å². The summed E-state index contributed by atoms with van der Waals surface area (Å²) >= 11 is 0. The lowest BCUT2D eigenvalue weighted by atomic mass is 9.89. The second-order valence-electron chi connectivity index (χ2n) is 6.36. The number of aryl methyl sites for hydroxylation is 1. The molecule has 140 valence electrons. The molecule has 1 aliphatic heterocycles. The Morgan fingerprint density at radius 2 is 1.85 bits per heavy atom. The van der Waals surface area contributed by atoms with Crippen molar-refractivity contribution in [2.45, 2.75) is 25.4 Å². The molecule has 2 nitrogen and oxygen atoms in total. The fourth-order valence-corrected chi connectivity index (χ4v) is 3.28. The Morgan fingerprint density at radius 3 is 2.50 bits per heavy atom. The second-order valence-corrected chi connectivity index (χ2v) is 6.36. The Kier molecular flexibility index (Phi) is 6.84. The molecule has 0 radical (unpaired) electrons. The molecule has 2 aromatic rings. The molecule has 1 aliphatic rings. The summed E-state index contributed by atoms with van der Waals surface area (Å²) in [6, 6.07) is 11.4. The zero-order chi connectivity index (χ0) is 17.9. The van der Waals surface area contributed by atoms with Crippen molar-refractivity contribution in [3.63, 3.8) is 0 Å². The summed E-state index contributed by atoms with van der Waals surface area (Å²) in [6.07, 6.45) is 0.731. The molecule has 1 unspecified atom stereocenters. The average molecular weight is 383 g/mol. The molecule has 26 heavy (non-hydrogen) atoms. The van der Waals surface area contributed by atoms with E-state index in [0.29, 0.717) is 17.8 Å². The van der Waals surface area contributed by atoms with Gasteiger partial charge >= 0.3 is 6.18 Å². The van der Waals surface area contributed by atoms with E-state index in [9.17, 15) is 13.2 Å². The zero-order valence-electron chi connectivity index (χ0n) is 14.5. The number of pyridine rings is 1. The van der Waals surface area contributed by atoms with E-state index < -0.39 is 17.7 Å². The summed E-state index contributed by atoms with van der Waals surface area (Å²) in [4.78, 5) is 6.71. The summed E-state index contributed by atoms with van der Waals surface area (Å²) < 4.78 is 40.6. The number of aromatic nitrogens is 1. The summed E-state index contributed by atoms with van der Waals surface area (Å²) in [5.41, 5.74) is 1.22. The molecule has 0 saturated carbocycles. The molecule has 0 bridgehead atoms. The van der Waals surface area contributed by atoms with Gasteiger partial charge in [-0.05, 0) is 37.1 Å². The number of benzene rings is 1. The van der Waals surface area contributed by atoms with E-state index >= 15 is 0 Å². The van der Waals surface area contributed by atoms with E-state index in [1.807, 2.05) is 25.1 Å². The third kappa shape index (κ3) is 4.86. The van der Waals surface area contributed by atoms with Crippen molar-refractivity contribution in [3.8, 4) is 0 Å². The summed E-state index contributed by atoms with van der Waals surface area (Å²) in [5, 5.41) is 0. The van der Waals surface area contributed by atoms with Crippen LogP contribution in [0.2, 0.25) is 0 Å². The van der Waals surface area contributed by atoms with Crippen LogP contribution in [0.4, 0.5) is 13.2 Å². The van der Waals surface area contributed by atoms with Gasteiger partial charge in [-0.2, -0.15) is 13.2 Å². The highest BCUT2D eigenvalue weighted by atomic mass is 35.5. The van der Waals surface area contributed by atoms with Crippen molar-refractivity contribution in [3.05, 3.63) is 77.1 Å². The summed E-state index contributed by atoms with van der Waals surface area (Å²) in [5.74, 6) is -0.413. The third-order valence-corrected chi connectivity index (χ3v) is 4.49. The van der Waals surface area contributed by atoms with Gasteiger partial charge in [-0.3, -0.25) is 9.88 Å². The van der Waals surface area contributed by atoms with Crippen molar-refractivity contribution >= 4 is 12.4 Å². The highest BCUT2D eigenvalue weighted by molar-refractivity contribution is 5.85. The SMILES string of the molecule is Cc1cccc(C(CN2CC=CCC2)c2ccccc2C(F)(F)F)n1.Cl. The molecular weight excluding hydrogens is 361 g/mol. The van der Waals surface area contributed by atoms with Gasteiger partial charge in [0.2, 0.25) is 0 Å². The molecular formula is C20H22ClF3N2. The number of halogens is 4. The maximum Gasteiger partial charge on any atom is 0.416 e. The van der Waals surface area contributed by atoms with Gasteiger partial charge in [-0.15, -0.1) is 12.4 Å². The lowest BCUT2D eigenvalue weighted by molar-refractivity contribution is -0.138. The molecule has 0 amide bonds. The largest absolute Gasteiger partial charge is 0.416 e. The van der Waals surface area contributed by atoms with Crippen LogP contribution < -0.4 is 0 Å². The first-order chi connectivity index (χ1) is 11.9. The maximum absolute atomic E-state index is 13.5. The van der Waals surface area contributed by atoms with Gasteiger partial charge in [0.1, 0.15) is 0 Å². The Bertz CT molecular complexity index is 759. The minimum Gasteiger partial charge on any atom is -0.298 e. The molecule has 0 N–H and O–H groups in total. The quantitative estimate of drug-likeness (QED) is 0.673. The zero-order valence-corrected chi connectivity index (χ0v) is 15.4. The Morgan fingerprint density at radius 1 is 1.08 bits per heavy atom. The van der Waals surface area contributed by atoms with Gasteiger partial charge in [-0.1, -0.05) is 36.4 Å². The van der Waals surface area contributed by atoms with Crippen molar-refractivity contribution < 1.29 is 13.2 Å². The maximum atomic E-state index is 13.5. The van der Waals surface area contributed by atoms with Crippen LogP contribution >= 0.6 is 12.4 Å². The number of hydrogen-bond donors (Lipinski definition) is 0. The summed E-state index contributed by atoms with van der Waals surface area (Å²) in [7, 11) is 0. The van der Waals surface area contributed by atoms with Gasteiger partial charge in [-0.25, -0.2) is 0 Å². The lowest BCUT2D eigenvalue weighted by Gasteiger charge is -2.29. The van der Waals surface area contributed by atoms with Crippen LogP contribution in [0.15, 0.2) is 54.6 Å². The summed E-state index contributed by atoms with van der Waals surface area (Å²) in [6.45, 7) is 4.00. The monoisotopic (exact) mass is 382 g/mol. The first-order valence-electron chi connectivity index (χ1n) is 8.42. The topological polar surface area (TPSA) is 16.1 Å². The molecule has 0 fully saturated rings. The van der Waals surface area contributed by atoms with E-state index in [1.54, 1.807) is 12.1 Å². The molecule has 0 spiro atoms. The van der Waals surface area contributed by atoms with Crippen molar-refractivity contribution in [1.82, 2.24) is 9.88 Å². The third-order valence-electron chi connectivity index (χ3n) is 4.49. The second kappa shape index (κ2) is 8.69. The molecule has 1 atom stereocenters. The van der Waals surface area contributed by atoms with Crippen LogP contribution in [0.1, 0.15) is 34.9 Å². The van der Waals surface area contributed by atoms with Crippen LogP contribution in [0.3, 0.4) is 0 Å². The van der Waals surface area contributed by atoms with E-state index in [-0.39, 0.29) is 12.4 Å². The van der Waals surface area contributed by atoms with Gasteiger partial charge in [0.15, 0.2) is 0 Å². The van der Waals surface area contributed by atoms with E-state index in [2.05, 4.69) is 22.0 Å². The molecule has 3 rings (SSSR count). The predicted molar refractivity (Wildman–Crippen MR) is 99.7 cm³/mol. The number of hydrogen-bond acceptors (Lipinski definition) is 2. The standard InChI is InChI=1S/C20H21F3N2.ClH/c1-15-8-7-11-19(24-15)17(14-25-12-5-2-6-13-25)16-9-3-4-10-18(16)20(21,22)23;/h2-5,7-11,17H,6,12-14H2,1H3;1H. The molecule has 2 heterocycles. The van der Waals surface area contributed by atoms with Crippen LogP contribution in [0, 0.1) is 6.92 Å². The molecule has 6 heteroatoms. The predicted octanol–water partition coefficient (Wildman–Crippen LogP) is 5.22. The first-order valence-corrected chi connectivity index (χ1v) is 8.42. The highest BCUT2D eigenvalue weighted by Gasteiger charge is 2.36. The fraction of sp³-hybridized carbons (Fsp3) is 0.350. The fourth-order valence-electron chi connectivity index (χ4n) is 3.28. The highest BCUT2D eigenvalue weighted by Crippen LogP contribution is 2.37. The van der Waals surface area contributed by atoms with Crippen LogP contribution in [0.5, 0.6) is 0 Å². The van der Waals surface area contributed by atoms with Gasteiger partial charge in [0.25, 0.3) is 0 Å². The Balaban J connectivity index is 0.00000243.